The third-order valence-corrected chi connectivity index (χ3v) is 8.31. The van der Waals surface area contributed by atoms with Gasteiger partial charge in [-0.15, -0.1) is 5.10 Å². The Balaban J connectivity index is 1.27. The predicted octanol–water partition coefficient (Wildman–Crippen LogP) is 5.16. The summed E-state index contributed by atoms with van der Waals surface area (Å²) in [6.07, 6.45) is 6.61. The van der Waals surface area contributed by atoms with E-state index in [1.165, 1.54) is 30.5 Å². The number of hydrogen-bond donors (Lipinski definition) is 1. The first kappa shape index (κ1) is 23.8. The molecule has 2 atom stereocenters. The summed E-state index contributed by atoms with van der Waals surface area (Å²) < 4.78 is 9.61. The lowest BCUT2D eigenvalue weighted by Crippen LogP contribution is -2.17. The van der Waals surface area contributed by atoms with Crippen molar-refractivity contribution in [3.05, 3.63) is 77.9 Å². The summed E-state index contributed by atoms with van der Waals surface area (Å²) in [5.41, 5.74) is 4.73. The topological polar surface area (TPSA) is 95.1 Å². The number of aromatic carboxylic acids is 1. The van der Waals surface area contributed by atoms with Gasteiger partial charge in [-0.3, -0.25) is 4.68 Å². The minimum absolute atomic E-state index is 0.0314. The molecule has 1 saturated heterocycles. The van der Waals surface area contributed by atoms with Crippen molar-refractivity contribution in [3.63, 3.8) is 0 Å². The Kier molecular flexibility index (Phi) is 6.46. The second-order valence-electron chi connectivity index (χ2n) is 9.87. The Bertz CT molecular complexity index is 1420. The molecular weight excluding hydrogens is 486 g/mol. The van der Waals surface area contributed by atoms with Crippen LogP contribution < -0.4 is 4.74 Å². The molecule has 2 fully saturated rings. The molecule has 0 unspecified atom stereocenters. The lowest BCUT2D eigenvalue weighted by molar-refractivity contribution is 0.0695. The molecule has 2 aromatic carbocycles. The van der Waals surface area contributed by atoms with Crippen LogP contribution in [0.4, 0.5) is 0 Å². The van der Waals surface area contributed by atoms with Gasteiger partial charge in [-0.05, 0) is 72.1 Å². The fourth-order valence-corrected chi connectivity index (χ4v) is 6.36. The van der Waals surface area contributed by atoms with Crippen LogP contribution in [0, 0.1) is 5.92 Å². The number of benzene rings is 2. The van der Waals surface area contributed by atoms with Gasteiger partial charge in [0.2, 0.25) is 0 Å². The van der Waals surface area contributed by atoms with Gasteiger partial charge in [-0.1, -0.05) is 29.5 Å². The van der Waals surface area contributed by atoms with E-state index in [-0.39, 0.29) is 17.4 Å². The standard InChI is InChI=1S/C28H29N5O3S/c1-32-16-26(30-31-32)23-14-24(23)27-25(28(34)35)15-29-33(27)21-6-2-4-19(12-21)20-5-3-7-22(13-20)36-17-18-8-10-37-11-9-18/h2-7,12-13,15-16,18,23-24H,8-11,14,17H2,1H3,(H,34,35)/t23-,24-/m1/s1. The van der Waals surface area contributed by atoms with Gasteiger partial charge in [0.1, 0.15) is 11.3 Å². The minimum Gasteiger partial charge on any atom is -0.493 e. The molecule has 4 aromatic rings. The normalized spacial score (nSPS) is 19.6. The van der Waals surface area contributed by atoms with Gasteiger partial charge in [-0.25, -0.2) is 9.48 Å². The zero-order chi connectivity index (χ0) is 25.4. The first-order chi connectivity index (χ1) is 18.1. The smallest absolute Gasteiger partial charge is 0.339 e. The summed E-state index contributed by atoms with van der Waals surface area (Å²) >= 11 is 2.03. The Labute approximate surface area is 219 Å². The molecule has 37 heavy (non-hydrogen) atoms. The molecule has 0 bridgehead atoms. The van der Waals surface area contributed by atoms with Crippen LogP contribution in [0.25, 0.3) is 16.8 Å². The SMILES string of the molecule is Cn1cc([C@@H]2C[C@H]2c2c(C(=O)O)cnn2-c2cccc(-c3cccc(OCC4CCSCC4)c3)c2)nn1. The molecule has 0 radical (unpaired) electrons. The van der Waals surface area contributed by atoms with E-state index >= 15 is 0 Å². The summed E-state index contributed by atoms with van der Waals surface area (Å²) in [6, 6.07) is 16.2. The van der Waals surface area contributed by atoms with Gasteiger partial charge in [0.15, 0.2) is 0 Å². The molecule has 6 rings (SSSR count). The second kappa shape index (κ2) is 10.0. The number of rotatable bonds is 8. The van der Waals surface area contributed by atoms with Crippen molar-refractivity contribution >= 4 is 17.7 Å². The number of carboxylic acids is 1. The summed E-state index contributed by atoms with van der Waals surface area (Å²) in [6.45, 7) is 0.757. The number of aryl methyl sites for hydroxylation is 1. The van der Waals surface area contributed by atoms with E-state index in [2.05, 4.69) is 39.7 Å². The Hall–Kier alpha value is -3.59. The van der Waals surface area contributed by atoms with Gasteiger partial charge in [0.05, 0.1) is 29.9 Å². The van der Waals surface area contributed by atoms with Crippen LogP contribution in [0.15, 0.2) is 60.9 Å². The van der Waals surface area contributed by atoms with Crippen LogP contribution in [0.2, 0.25) is 0 Å². The summed E-state index contributed by atoms with van der Waals surface area (Å²) in [5, 5.41) is 22.7. The molecule has 1 aliphatic carbocycles. The van der Waals surface area contributed by atoms with Crippen LogP contribution >= 0.6 is 11.8 Å². The number of ether oxygens (including phenoxy) is 1. The number of aromatic nitrogens is 5. The maximum Gasteiger partial charge on any atom is 0.339 e. The highest BCUT2D eigenvalue weighted by Gasteiger charge is 2.46. The first-order valence-electron chi connectivity index (χ1n) is 12.7. The lowest BCUT2D eigenvalue weighted by Gasteiger charge is -2.21. The van der Waals surface area contributed by atoms with Gasteiger partial charge in [0.25, 0.3) is 0 Å². The third-order valence-electron chi connectivity index (χ3n) is 7.26. The van der Waals surface area contributed by atoms with Crippen molar-refractivity contribution in [3.8, 4) is 22.6 Å². The van der Waals surface area contributed by atoms with Gasteiger partial charge in [-0.2, -0.15) is 16.9 Å². The Morgan fingerprint density at radius 2 is 1.89 bits per heavy atom. The fourth-order valence-electron chi connectivity index (χ4n) is 5.15. The van der Waals surface area contributed by atoms with Crippen LogP contribution in [0.5, 0.6) is 5.75 Å². The molecule has 1 saturated carbocycles. The average molecular weight is 516 g/mol. The second-order valence-corrected chi connectivity index (χ2v) is 11.1. The number of nitrogens with zero attached hydrogens (tertiary/aromatic N) is 5. The lowest BCUT2D eigenvalue weighted by atomic mass is 10.0. The van der Waals surface area contributed by atoms with Crippen molar-refractivity contribution in [1.29, 1.82) is 0 Å². The van der Waals surface area contributed by atoms with E-state index in [1.54, 1.807) is 9.36 Å². The summed E-state index contributed by atoms with van der Waals surface area (Å²) in [5.74, 6) is 3.15. The molecule has 2 aliphatic rings. The molecule has 1 aliphatic heterocycles. The fraction of sp³-hybridized carbons (Fsp3) is 0.357. The third kappa shape index (κ3) is 5.00. The molecule has 0 spiro atoms. The highest BCUT2D eigenvalue weighted by Crippen LogP contribution is 2.55. The number of carbonyl (C=O) groups is 1. The Morgan fingerprint density at radius 1 is 1.11 bits per heavy atom. The van der Waals surface area contributed by atoms with E-state index in [9.17, 15) is 9.90 Å². The minimum atomic E-state index is -0.969. The predicted molar refractivity (Wildman–Crippen MR) is 143 cm³/mol. The molecular formula is C28H29N5O3S. The van der Waals surface area contributed by atoms with Crippen LogP contribution in [0.1, 0.15) is 52.8 Å². The zero-order valence-electron chi connectivity index (χ0n) is 20.7. The van der Waals surface area contributed by atoms with Crippen molar-refractivity contribution in [2.75, 3.05) is 18.1 Å². The maximum atomic E-state index is 12.0. The monoisotopic (exact) mass is 515 g/mol. The summed E-state index contributed by atoms with van der Waals surface area (Å²) in [7, 11) is 1.83. The first-order valence-corrected chi connectivity index (χ1v) is 13.8. The van der Waals surface area contributed by atoms with E-state index in [4.69, 9.17) is 4.74 Å². The zero-order valence-corrected chi connectivity index (χ0v) is 21.5. The highest BCUT2D eigenvalue weighted by atomic mass is 32.2. The van der Waals surface area contributed by atoms with Gasteiger partial charge >= 0.3 is 5.97 Å². The van der Waals surface area contributed by atoms with E-state index in [0.29, 0.717) is 11.6 Å². The van der Waals surface area contributed by atoms with Crippen molar-refractivity contribution < 1.29 is 14.6 Å². The molecule has 2 aromatic heterocycles. The molecule has 9 heteroatoms. The maximum absolute atomic E-state index is 12.0. The summed E-state index contributed by atoms with van der Waals surface area (Å²) in [4.78, 5) is 12.0. The number of carboxylic acid groups (broad SMARTS) is 1. The molecule has 1 N–H and O–H groups in total. The quantitative estimate of drug-likeness (QED) is 0.346. The van der Waals surface area contributed by atoms with Crippen molar-refractivity contribution in [2.45, 2.75) is 31.1 Å². The van der Waals surface area contributed by atoms with Crippen molar-refractivity contribution in [1.82, 2.24) is 24.8 Å². The molecule has 8 nitrogen and oxygen atoms in total. The highest BCUT2D eigenvalue weighted by molar-refractivity contribution is 7.99. The van der Waals surface area contributed by atoms with E-state index < -0.39 is 5.97 Å². The van der Waals surface area contributed by atoms with Crippen molar-refractivity contribution in [2.24, 2.45) is 13.0 Å². The average Bonchev–Trinajstić information content (AvgIpc) is 3.37. The molecule has 190 valence electrons. The molecule has 3 heterocycles. The van der Waals surface area contributed by atoms with Crippen LogP contribution in [-0.2, 0) is 7.05 Å². The van der Waals surface area contributed by atoms with Crippen LogP contribution in [0.3, 0.4) is 0 Å². The Morgan fingerprint density at radius 3 is 2.65 bits per heavy atom. The van der Waals surface area contributed by atoms with E-state index in [1.807, 2.05) is 49.3 Å². The largest absolute Gasteiger partial charge is 0.493 e. The van der Waals surface area contributed by atoms with Gasteiger partial charge < -0.3 is 9.84 Å². The number of hydrogen-bond acceptors (Lipinski definition) is 6. The number of thioether (sulfide) groups is 1. The molecule has 0 amide bonds. The van der Waals surface area contributed by atoms with Gasteiger partial charge in [0, 0.05) is 25.1 Å². The van der Waals surface area contributed by atoms with Crippen LogP contribution in [-0.4, -0.2) is 54.0 Å². The van der Waals surface area contributed by atoms with E-state index in [0.717, 1.165) is 41.3 Å².